The number of benzene rings is 2. The Morgan fingerprint density at radius 2 is 1.85 bits per heavy atom. The van der Waals surface area contributed by atoms with E-state index in [0.717, 1.165) is 5.75 Å². The fourth-order valence-corrected chi connectivity index (χ4v) is 2.96. The van der Waals surface area contributed by atoms with Gasteiger partial charge in [0, 0.05) is 7.05 Å². The van der Waals surface area contributed by atoms with Crippen molar-refractivity contribution in [3.05, 3.63) is 76.8 Å². The van der Waals surface area contributed by atoms with Gasteiger partial charge in [-0.2, -0.15) is 5.10 Å². The van der Waals surface area contributed by atoms with Gasteiger partial charge in [-0.3, -0.25) is 4.79 Å². The van der Waals surface area contributed by atoms with E-state index < -0.39 is 0 Å². The van der Waals surface area contributed by atoms with Gasteiger partial charge in [0.1, 0.15) is 23.3 Å². The summed E-state index contributed by atoms with van der Waals surface area (Å²) in [7, 11) is 1.68. The maximum atomic E-state index is 13.1. The largest absolute Gasteiger partial charge is 0.492 e. The summed E-state index contributed by atoms with van der Waals surface area (Å²) in [5.74, 6) is 0.146. The third-order valence-electron chi connectivity index (χ3n) is 4.07. The minimum absolute atomic E-state index is 0.194. The first kappa shape index (κ1) is 18.9. The highest BCUT2D eigenvalue weighted by molar-refractivity contribution is 6.33. The average Bonchev–Trinajstić information content (AvgIpc) is 2.97. The van der Waals surface area contributed by atoms with Crippen LogP contribution in [0.3, 0.4) is 0 Å². The van der Waals surface area contributed by atoms with Gasteiger partial charge in [0.05, 0.1) is 23.5 Å². The summed E-state index contributed by atoms with van der Waals surface area (Å²) in [4.78, 5) is 14.3. The zero-order valence-corrected chi connectivity index (χ0v) is 15.8. The number of hydrogen-bond acceptors (Lipinski definition) is 3. The van der Waals surface area contributed by atoms with Gasteiger partial charge < -0.3 is 9.64 Å². The minimum Gasteiger partial charge on any atom is -0.492 e. The first-order chi connectivity index (χ1) is 13.0. The average molecular weight is 388 g/mol. The molecule has 3 aromatic rings. The number of nitrogens with zero attached hydrogens (tertiary/aromatic N) is 3. The first-order valence-electron chi connectivity index (χ1n) is 8.41. The Labute approximate surface area is 161 Å². The number of likely N-dealkylation sites (N-methyl/N-ethyl adjacent to an activating group) is 1. The molecule has 3 rings (SSSR count). The highest BCUT2D eigenvalue weighted by atomic mass is 35.5. The van der Waals surface area contributed by atoms with E-state index in [-0.39, 0.29) is 16.9 Å². The predicted molar refractivity (Wildman–Crippen MR) is 102 cm³/mol. The highest BCUT2D eigenvalue weighted by Crippen LogP contribution is 2.25. The van der Waals surface area contributed by atoms with Crippen molar-refractivity contribution < 1.29 is 13.9 Å². The van der Waals surface area contributed by atoms with Crippen LogP contribution in [0.1, 0.15) is 16.1 Å². The molecule has 140 valence electrons. The quantitative estimate of drug-likeness (QED) is 0.639. The summed E-state index contributed by atoms with van der Waals surface area (Å²) in [5.41, 5.74) is 1.41. The van der Waals surface area contributed by atoms with E-state index in [1.807, 2.05) is 30.3 Å². The first-order valence-corrected chi connectivity index (χ1v) is 8.79. The third-order valence-corrected chi connectivity index (χ3v) is 4.42. The molecule has 0 unspecified atom stereocenters. The lowest BCUT2D eigenvalue weighted by Gasteiger charge is -2.17. The monoisotopic (exact) mass is 387 g/mol. The Hall–Kier alpha value is -2.86. The molecule has 1 aromatic heterocycles. The Morgan fingerprint density at radius 1 is 1.19 bits per heavy atom. The van der Waals surface area contributed by atoms with Crippen molar-refractivity contribution in [3.8, 4) is 11.4 Å². The summed E-state index contributed by atoms with van der Waals surface area (Å²) in [5, 5.41) is 4.52. The predicted octanol–water partition coefficient (Wildman–Crippen LogP) is 4.12. The van der Waals surface area contributed by atoms with E-state index in [2.05, 4.69) is 5.10 Å². The summed E-state index contributed by atoms with van der Waals surface area (Å²) in [6, 6.07) is 15.1. The summed E-state index contributed by atoms with van der Waals surface area (Å²) in [6.07, 6.45) is 0. The maximum absolute atomic E-state index is 13.1. The van der Waals surface area contributed by atoms with Gasteiger partial charge in [-0.1, -0.05) is 29.8 Å². The van der Waals surface area contributed by atoms with Crippen LogP contribution in [0.4, 0.5) is 4.39 Å². The van der Waals surface area contributed by atoms with E-state index in [0.29, 0.717) is 30.1 Å². The van der Waals surface area contributed by atoms with Crippen LogP contribution in [0.5, 0.6) is 5.75 Å². The fraction of sp³-hybridized carbons (Fsp3) is 0.200. The van der Waals surface area contributed by atoms with E-state index >= 15 is 0 Å². The van der Waals surface area contributed by atoms with Crippen molar-refractivity contribution in [2.75, 3.05) is 20.2 Å². The van der Waals surface area contributed by atoms with Crippen molar-refractivity contribution >= 4 is 17.5 Å². The van der Waals surface area contributed by atoms with E-state index in [1.165, 1.54) is 21.7 Å². The number of aromatic nitrogens is 2. The van der Waals surface area contributed by atoms with Gasteiger partial charge in [-0.15, -0.1) is 0 Å². The van der Waals surface area contributed by atoms with Crippen molar-refractivity contribution in [2.24, 2.45) is 0 Å². The van der Waals surface area contributed by atoms with Gasteiger partial charge in [0.25, 0.3) is 5.91 Å². The molecule has 0 aliphatic rings. The van der Waals surface area contributed by atoms with Crippen LogP contribution >= 0.6 is 11.6 Å². The summed E-state index contributed by atoms with van der Waals surface area (Å²) >= 11 is 6.40. The number of carbonyl (C=O) groups is 1. The molecule has 0 bridgehead atoms. The van der Waals surface area contributed by atoms with Crippen LogP contribution in [0, 0.1) is 12.7 Å². The van der Waals surface area contributed by atoms with Gasteiger partial charge in [0.15, 0.2) is 0 Å². The summed E-state index contributed by atoms with van der Waals surface area (Å²) < 4.78 is 20.2. The molecule has 0 saturated heterocycles. The molecular weight excluding hydrogens is 369 g/mol. The van der Waals surface area contributed by atoms with E-state index in [1.54, 1.807) is 26.1 Å². The molecule has 0 atom stereocenters. The molecule has 0 N–H and O–H groups in total. The Bertz CT molecular complexity index is 926. The smallest absolute Gasteiger partial charge is 0.258 e. The normalized spacial score (nSPS) is 10.7. The Morgan fingerprint density at radius 3 is 2.52 bits per heavy atom. The Balaban J connectivity index is 1.71. The molecule has 7 heteroatoms. The molecule has 0 aliphatic carbocycles. The van der Waals surface area contributed by atoms with Crippen LogP contribution in [0.2, 0.25) is 5.15 Å². The number of para-hydroxylation sites is 1. The number of aryl methyl sites for hydroxylation is 1. The van der Waals surface area contributed by atoms with Crippen LogP contribution in [0.25, 0.3) is 5.69 Å². The molecule has 0 spiro atoms. The lowest BCUT2D eigenvalue weighted by molar-refractivity contribution is 0.0773. The lowest BCUT2D eigenvalue weighted by Crippen LogP contribution is -2.31. The molecule has 1 amide bonds. The Kier molecular flexibility index (Phi) is 5.76. The number of carbonyl (C=O) groups excluding carboxylic acids is 1. The van der Waals surface area contributed by atoms with Crippen molar-refractivity contribution in [1.29, 1.82) is 0 Å². The second-order valence-corrected chi connectivity index (χ2v) is 6.39. The van der Waals surface area contributed by atoms with E-state index in [9.17, 15) is 9.18 Å². The van der Waals surface area contributed by atoms with Gasteiger partial charge in [0.2, 0.25) is 0 Å². The molecule has 0 fully saturated rings. The number of ether oxygens (including phenoxy) is 1. The SMILES string of the molecule is Cc1nn(-c2ccc(F)cc2)c(Cl)c1C(=O)N(C)CCOc1ccccc1. The van der Waals surface area contributed by atoms with Gasteiger partial charge in [-0.05, 0) is 43.3 Å². The lowest BCUT2D eigenvalue weighted by atomic mass is 10.2. The molecular formula is C20H19ClFN3O2. The third kappa shape index (κ3) is 4.28. The standard InChI is InChI=1S/C20H19ClFN3O2/c1-14-18(19(21)25(23-14)16-10-8-15(22)9-11-16)20(26)24(2)12-13-27-17-6-4-3-5-7-17/h3-11H,12-13H2,1-2H3. The zero-order chi connectivity index (χ0) is 19.4. The molecule has 5 nitrogen and oxygen atoms in total. The molecule has 0 radical (unpaired) electrons. The topological polar surface area (TPSA) is 47.4 Å². The fourth-order valence-electron chi connectivity index (χ4n) is 2.60. The maximum Gasteiger partial charge on any atom is 0.258 e. The van der Waals surface area contributed by atoms with Crippen LogP contribution in [-0.2, 0) is 0 Å². The van der Waals surface area contributed by atoms with Crippen molar-refractivity contribution in [2.45, 2.75) is 6.92 Å². The van der Waals surface area contributed by atoms with Crippen LogP contribution in [-0.4, -0.2) is 40.8 Å². The van der Waals surface area contributed by atoms with Crippen molar-refractivity contribution in [1.82, 2.24) is 14.7 Å². The highest BCUT2D eigenvalue weighted by Gasteiger charge is 2.23. The van der Waals surface area contributed by atoms with E-state index in [4.69, 9.17) is 16.3 Å². The molecule has 1 heterocycles. The number of hydrogen-bond donors (Lipinski definition) is 0. The van der Waals surface area contributed by atoms with Crippen molar-refractivity contribution in [3.63, 3.8) is 0 Å². The molecule has 2 aromatic carbocycles. The second-order valence-electron chi connectivity index (χ2n) is 6.03. The zero-order valence-electron chi connectivity index (χ0n) is 15.0. The number of halogens is 2. The van der Waals surface area contributed by atoms with Crippen LogP contribution < -0.4 is 4.74 Å². The number of amides is 1. The second kappa shape index (κ2) is 8.22. The summed E-state index contributed by atoms with van der Waals surface area (Å²) in [6.45, 7) is 2.47. The number of rotatable bonds is 6. The minimum atomic E-state index is -0.354. The van der Waals surface area contributed by atoms with Gasteiger partial charge in [-0.25, -0.2) is 9.07 Å². The molecule has 27 heavy (non-hydrogen) atoms. The molecule has 0 saturated carbocycles. The van der Waals surface area contributed by atoms with Gasteiger partial charge >= 0.3 is 0 Å². The molecule has 0 aliphatic heterocycles. The van der Waals surface area contributed by atoms with Crippen LogP contribution in [0.15, 0.2) is 54.6 Å².